The minimum atomic E-state index is -0.321. The third kappa shape index (κ3) is 5.67. The lowest BCUT2D eigenvalue weighted by atomic mass is 10.2. The quantitative estimate of drug-likeness (QED) is 0.446. The average molecular weight is 483 g/mol. The number of rotatable bonds is 5. The number of amides is 2. The monoisotopic (exact) mass is 483 g/mol. The number of carbonyl (C=O) groups excluding carboxylic acids is 2. The maximum atomic E-state index is 12.3. The molecular formula is C18H18IN3O3S. The number of hydrogen-bond acceptors (Lipinski definition) is 4. The van der Waals surface area contributed by atoms with Gasteiger partial charge in [-0.1, -0.05) is 13.0 Å². The Labute approximate surface area is 170 Å². The molecule has 0 aliphatic heterocycles. The summed E-state index contributed by atoms with van der Waals surface area (Å²) in [4.78, 5) is 23.8. The topological polar surface area (TPSA) is 79.5 Å². The molecule has 2 amide bonds. The van der Waals surface area contributed by atoms with Gasteiger partial charge in [-0.3, -0.25) is 14.9 Å². The van der Waals surface area contributed by atoms with E-state index in [9.17, 15) is 9.59 Å². The molecule has 0 heterocycles. The Morgan fingerprint density at radius 2 is 1.81 bits per heavy atom. The van der Waals surface area contributed by atoms with Gasteiger partial charge in [0.1, 0.15) is 5.75 Å². The van der Waals surface area contributed by atoms with Crippen LogP contribution in [0, 0.1) is 3.57 Å². The van der Waals surface area contributed by atoms with Crippen LogP contribution in [0.3, 0.4) is 0 Å². The third-order valence-corrected chi connectivity index (χ3v) is 4.41. The molecule has 0 aliphatic rings. The first-order valence-corrected chi connectivity index (χ1v) is 9.27. The lowest BCUT2D eigenvalue weighted by molar-refractivity contribution is -0.115. The smallest absolute Gasteiger partial charge is 0.257 e. The zero-order chi connectivity index (χ0) is 19.1. The molecule has 3 N–H and O–H groups in total. The summed E-state index contributed by atoms with van der Waals surface area (Å²) in [6, 6.07) is 12.2. The highest BCUT2D eigenvalue weighted by atomic mass is 127. The van der Waals surface area contributed by atoms with Crippen molar-refractivity contribution in [3.8, 4) is 5.75 Å². The van der Waals surface area contributed by atoms with Crippen molar-refractivity contribution in [2.45, 2.75) is 13.3 Å². The zero-order valence-electron chi connectivity index (χ0n) is 14.3. The number of halogens is 1. The van der Waals surface area contributed by atoms with Crippen LogP contribution >= 0.6 is 34.8 Å². The van der Waals surface area contributed by atoms with E-state index in [1.54, 1.807) is 56.5 Å². The van der Waals surface area contributed by atoms with Crippen LogP contribution in [-0.2, 0) is 4.79 Å². The fourth-order valence-electron chi connectivity index (χ4n) is 2.07. The minimum Gasteiger partial charge on any atom is -0.496 e. The van der Waals surface area contributed by atoms with Gasteiger partial charge in [-0.05, 0) is 71.2 Å². The van der Waals surface area contributed by atoms with Gasteiger partial charge >= 0.3 is 0 Å². The summed E-state index contributed by atoms with van der Waals surface area (Å²) in [7, 11) is 1.58. The number of thiocarbonyl (C=S) groups is 1. The van der Waals surface area contributed by atoms with Gasteiger partial charge in [0.25, 0.3) is 5.91 Å². The molecule has 2 aromatic carbocycles. The Kier molecular flexibility index (Phi) is 7.34. The van der Waals surface area contributed by atoms with Crippen molar-refractivity contribution in [3.63, 3.8) is 0 Å². The van der Waals surface area contributed by atoms with Gasteiger partial charge < -0.3 is 15.4 Å². The lowest BCUT2D eigenvalue weighted by Crippen LogP contribution is -2.34. The molecule has 26 heavy (non-hydrogen) atoms. The molecule has 6 nitrogen and oxygen atoms in total. The number of carbonyl (C=O) groups is 2. The van der Waals surface area contributed by atoms with E-state index in [0.717, 1.165) is 3.57 Å². The van der Waals surface area contributed by atoms with Crippen LogP contribution in [0.1, 0.15) is 23.7 Å². The first-order valence-electron chi connectivity index (χ1n) is 7.78. The second kappa shape index (κ2) is 9.48. The van der Waals surface area contributed by atoms with E-state index in [2.05, 4.69) is 38.5 Å². The summed E-state index contributed by atoms with van der Waals surface area (Å²) in [5.74, 6) is 0.305. The van der Waals surface area contributed by atoms with E-state index < -0.39 is 0 Å². The van der Waals surface area contributed by atoms with E-state index in [4.69, 9.17) is 17.0 Å². The zero-order valence-corrected chi connectivity index (χ0v) is 17.2. The molecule has 0 bridgehead atoms. The molecule has 0 radical (unpaired) electrons. The number of methoxy groups -OCH3 is 1. The van der Waals surface area contributed by atoms with Crippen molar-refractivity contribution in [2.24, 2.45) is 0 Å². The van der Waals surface area contributed by atoms with Crippen LogP contribution in [0.5, 0.6) is 5.75 Å². The number of anilines is 2. The summed E-state index contributed by atoms with van der Waals surface area (Å²) in [5, 5.41) is 8.50. The fourth-order valence-corrected chi connectivity index (χ4v) is 3.02. The van der Waals surface area contributed by atoms with Gasteiger partial charge in [0, 0.05) is 23.4 Å². The second-order valence-corrected chi connectivity index (χ2v) is 6.81. The van der Waals surface area contributed by atoms with Crippen LogP contribution < -0.4 is 20.7 Å². The Morgan fingerprint density at radius 3 is 2.42 bits per heavy atom. The molecule has 0 atom stereocenters. The second-order valence-electron chi connectivity index (χ2n) is 5.24. The molecule has 0 unspecified atom stereocenters. The van der Waals surface area contributed by atoms with Gasteiger partial charge in [0.2, 0.25) is 5.91 Å². The molecule has 136 valence electrons. The molecule has 2 rings (SSSR count). The van der Waals surface area contributed by atoms with Crippen molar-refractivity contribution in [1.29, 1.82) is 0 Å². The van der Waals surface area contributed by atoms with E-state index >= 15 is 0 Å². The normalized spacial score (nSPS) is 9.96. The van der Waals surface area contributed by atoms with Gasteiger partial charge in [-0.25, -0.2) is 0 Å². The molecular weight excluding hydrogens is 465 g/mol. The first-order chi connectivity index (χ1) is 12.4. The summed E-state index contributed by atoms with van der Waals surface area (Å²) in [6.45, 7) is 1.78. The molecule has 0 spiro atoms. The van der Waals surface area contributed by atoms with Gasteiger partial charge in [-0.2, -0.15) is 0 Å². The predicted octanol–water partition coefficient (Wildman–Crippen LogP) is 3.78. The minimum absolute atomic E-state index is 0.0767. The molecule has 2 aromatic rings. The average Bonchev–Trinajstić information content (AvgIpc) is 2.61. The van der Waals surface area contributed by atoms with Crippen molar-refractivity contribution in [3.05, 3.63) is 51.6 Å². The van der Waals surface area contributed by atoms with Crippen molar-refractivity contribution in [1.82, 2.24) is 5.32 Å². The van der Waals surface area contributed by atoms with Crippen LogP contribution in [0.25, 0.3) is 0 Å². The van der Waals surface area contributed by atoms with E-state index in [1.807, 2.05) is 0 Å². The van der Waals surface area contributed by atoms with Crippen molar-refractivity contribution in [2.75, 3.05) is 17.7 Å². The number of hydrogen-bond donors (Lipinski definition) is 3. The lowest BCUT2D eigenvalue weighted by Gasteiger charge is -2.12. The molecule has 0 saturated heterocycles. The molecule has 8 heteroatoms. The van der Waals surface area contributed by atoms with Crippen LogP contribution in [-0.4, -0.2) is 24.0 Å². The maximum Gasteiger partial charge on any atom is 0.257 e. The van der Waals surface area contributed by atoms with Gasteiger partial charge in [-0.15, -0.1) is 0 Å². The highest BCUT2D eigenvalue weighted by Crippen LogP contribution is 2.21. The molecule has 0 saturated carbocycles. The SMILES string of the molecule is CCC(=O)Nc1cccc(NC(=S)NC(=O)c2ccc(OC)c(I)c2)c1. The summed E-state index contributed by atoms with van der Waals surface area (Å²) in [5.41, 5.74) is 1.79. The van der Waals surface area contributed by atoms with Crippen LogP contribution in [0.15, 0.2) is 42.5 Å². The fraction of sp³-hybridized carbons (Fsp3) is 0.167. The molecule has 0 aromatic heterocycles. The highest BCUT2D eigenvalue weighted by molar-refractivity contribution is 14.1. The first kappa shape index (κ1) is 20.1. The largest absolute Gasteiger partial charge is 0.496 e. The standard InChI is InChI=1S/C18H18IN3O3S/c1-3-16(23)20-12-5-4-6-13(10-12)21-18(26)22-17(24)11-7-8-15(25-2)14(19)9-11/h4-10H,3H2,1-2H3,(H,20,23)(H2,21,22,24,26). The Balaban J connectivity index is 2.00. The Morgan fingerprint density at radius 1 is 1.12 bits per heavy atom. The van der Waals surface area contributed by atoms with E-state index in [1.165, 1.54) is 0 Å². The maximum absolute atomic E-state index is 12.3. The highest BCUT2D eigenvalue weighted by Gasteiger charge is 2.11. The number of nitrogens with one attached hydrogen (secondary N) is 3. The van der Waals surface area contributed by atoms with Gasteiger partial charge in [0.05, 0.1) is 10.7 Å². The van der Waals surface area contributed by atoms with Crippen molar-refractivity contribution < 1.29 is 14.3 Å². The Hall–Kier alpha value is -2.20. The predicted molar refractivity (Wildman–Crippen MR) is 115 cm³/mol. The van der Waals surface area contributed by atoms with Crippen LogP contribution in [0.2, 0.25) is 0 Å². The molecule has 0 aliphatic carbocycles. The number of benzene rings is 2. The van der Waals surface area contributed by atoms with Gasteiger partial charge in [0.15, 0.2) is 5.11 Å². The number of ether oxygens (including phenoxy) is 1. The molecule has 0 fully saturated rings. The summed E-state index contributed by atoms with van der Waals surface area (Å²) < 4.78 is 6.01. The van der Waals surface area contributed by atoms with Crippen LogP contribution in [0.4, 0.5) is 11.4 Å². The van der Waals surface area contributed by atoms with E-state index in [-0.39, 0.29) is 16.9 Å². The van der Waals surface area contributed by atoms with E-state index in [0.29, 0.717) is 29.1 Å². The third-order valence-electron chi connectivity index (χ3n) is 3.37. The summed E-state index contributed by atoms with van der Waals surface area (Å²) in [6.07, 6.45) is 0.396. The Bertz CT molecular complexity index is 842. The summed E-state index contributed by atoms with van der Waals surface area (Å²) >= 11 is 7.29. The van der Waals surface area contributed by atoms with Crippen molar-refractivity contribution >= 4 is 63.1 Å².